The summed E-state index contributed by atoms with van der Waals surface area (Å²) in [6.07, 6.45) is 6.44. The van der Waals surface area contributed by atoms with E-state index in [0.29, 0.717) is 44.6 Å². The number of guanidine groups is 1. The summed E-state index contributed by atoms with van der Waals surface area (Å²) in [5, 5.41) is 5.60. The zero-order valence-corrected chi connectivity index (χ0v) is 23.3. The van der Waals surface area contributed by atoms with Crippen molar-refractivity contribution in [1.82, 2.24) is 10.6 Å². The molecular formula is C29H43N5O6. The summed E-state index contributed by atoms with van der Waals surface area (Å²) in [7, 11) is 0. The molecule has 0 heterocycles. The van der Waals surface area contributed by atoms with E-state index in [2.05, 4.69) is 28.8 Å². The van der Waals surface area contributed by atoms with E-state index in [4.69, 9.17) is 20.9 Å². The first-order chi connectivity index (χ1) is 19.2. The minimum Gasteiger partial charge on any atom is -0.490 e. The monoisotopic (exact) mass is 557 g/mol. The molecule has 0 aliphatic rings. The van der Waals surface area contributed by atoms with E-state index in [1.165, 1.54) is 6.92 Å². The van der Waals surface area contributed by atoms with Gasteiger partial charge in [0.05, 0.1) is 12.1 Å². The molecular weight excluding hydrogens is 514 g/mol. The van der Waals surface area contributed by atoms with Gasteiger partial charge in [-0.25, -0.2) is 0 Å². The molecule has 40 heavy (non-hydrogen) atoms. The molecule has 0 unspecified atom stereocenters. The first-order valence-electron chi connectivity index (χ1n) is 13.3. The van der Waals surface area contributed by atoms with Gasteiger partial charge in [-0.1, -0.05) is 43.7 Å². The van der Waals surface area contributed by atoms with Crippen LogP contribution < -0.4 is 26.8 Å². The lowest BCUT2D eigenvalue weighted by Gasteiger charge is -2.23. The number of aliphatic imine (C=N–C) groups is 1. The standard InChI is InChI=1S/C29H43N5O6/c1-4-9-24(19-39-20-35)34-28(38)23(10-7-6-8-15-32-29(30)31)18-27(37)26(33-21(3)36)17-22-11-13-25(14-12-22)40-16-5-2/h4-5,11-14,20,23-24,26H,1-2,6-10,15-19H2,3H3,(H,33,36)(H,34,38)(H4,30,31,32)/t23-,24+,26+/m1/s1. The lowest BCUT2D eigenvalue weighted by atomic mass is 9.90. The van der Waals surface area contributed by atoms with Gasteiger partial charge in [0.2, 0.25) is 11.8 Å². The van der Waals surface area contributed by atoms with Gasteiger partial charge in [-0.05, 0) is 43.4 Å². The molecule has 11 heteroatoms. The molecule has 6 N–H and O–H groups in total. The van der Waals surface area contributed by atoms with Gasteiger partial charge in [0, 0.05) is 25.8 Å². The lowest BCUT2D eigenvalue weighted by Crippen LogP contribution is -2.45. The van der Waals surface area contributed by atoms with Gasteiger partial charge in [0.25, 0.3) is 6.47 Å². The summed E-state index contributed by atoms with van der Waals surface area (Å²) < 4.78 is 10.3. The molecule has 1 aromatic carbocycles. The van der Waals surface area contributed by atoms with Crippen LogP contribution in [0.5, 0.6) is 5.75 Å². The van der Waals surface area contributed by atoms with E-state index in [1.807, 2.05) is 12.1 Å². The van der Waals surface area contributed by atoms with Gasteiger partial charge in [0.1, 0.15) is 19.0 Å². The first-order valence-corrected chi connectivity index (χ1v) is 13.3. The normalized spacial score (nSPS) is 12.6. The van der Waals surface area contributed by atoms with E-state index in [1.54, 1.807) is 24.3 Å². The summed E-state index contributed by atoms with van der Waals surface area (Å²) in [6, 6.07) is 5.95. The molecule has 0 aliphatic carbocycles. The molecule has 11 nitrogen and oxygen atoms in total. The summed E-state index contributed by atoms with van der Waals surface area (Å²) >= 11 is 0. The largest absolute Gasteiger partial charge is 0.490 e. The van der Waals surface area contributed by atoms with Gasteiger partial charge in [-0.15, -0.1) is 6.58 Å². The summed E-state index contributed by atoms with van der Waals surface area (Å²) in [5.74, 6) is -0.893. The van der Waals surface area contributed by atoms with E-state index in [9.17, 15) is 19.2 Å². The Labute approximate surface area is 236 Å². The van der Waals surface area contributed by atoms with Crippen molar-refractivity contribution in [1.29, 1.82) is 0 Å². The highest BCUT2D eigenvalue weighted by molar-refractivity contribution is 5.92. The quantitative estimate of drug-likeness (QED) is 0.0550. The fraction of sp³-hybridized carbons (Fsp3) is 0.483. The molecule has 0 aliphatic heterocycles. The predicted molar refractivity (Wildman–Crippen MR) is 154 cm³/mol. The second kappa shape index (κ2) is 19.9. The van der Waals surface area contributed by atoms with E-state index in [-0.39, 0.29) is 43.0 Å². The molecule has 0 radical (unpaired) electrons. The molecule has 1 rings (SSSR count). The number of hydrogen-bond acceptors (Lipinski definition) is 7. The van der Waals surface area contributed by atoms with Crippen molar-refractivity contribution in [3.63, 3.8) is 0 Å². The maximum atomic E-state index is 13.4. The number of benzene rings is 1. The number of Topliss-reactive ketones (excluding diaryl/α,β-unsaturated/α-hetero) is 1. The molecule has 0 saturated heterocycles. The van der Waals surface area contributed by atoms with Crippen molar-refractivity contribution in [3.8, 4) is 5.75 Å². The van der Waals surface area contributed by atoms with Gasteiger partial charge in [-0.3, -0.25) is 24.2 Å². The van der Waals surface area contributed by atoms with Crippen molar-refractivity contribution >= 4 is 30.0 Å². The van der Waals surface area contributed by atoms with Crippen molar-refractivity contribution in [3.05, 3.63) is 55.1 Å². The molecule has 220 valence electrons. The SMILES string of the molecule is C=CCOc1ccc(C[C@H](NC(C)=O)C(=O)C[C@@H](CCCCCN=C(N)N)C(=O)N[C@@H](CC=C)COC=O)cc1. The highest BCUT2D eigenvalue weighted by Crippen LogP contribution is 2.19. The van der Waals surface area contributed by atoms with Crippen molar-refractivity contribution in [2.75, 3.05) is 19.8 Å². The van der Waals surface area contributed by atoms with E-state index in [0.717, 1.165) is 18.4 Å². The molecule has 0 saturated carbocycles. The number of ketones is 1. The molecule has 0 spiro atoms. The van der Waals surface area contributed by atoms with Crippen LogP contribution in [-0.2, 0) is 30.3 Å². The molecule has 0 fully saturated rings. The van der Waals surface area contributed by atoms with Gasteiger partial charge in [-0.2, -0.15) is 0 Å². The zero-order chi connectivity index (χ0) is 29.8. The number of ether oxygens (including phenoxy) is 2. The van der Waals surface area contributed by atoms with Crippen LogP contribution in [0, 0.1) is 5.92 Å². The Balaban J connectivity index is 2.99. The highest BCUT2D eigenvalue weighted by atomic mass is 16.5. The van der Waals surface area contributed by atoms with Crippen LogP contribution >= 0.6 is 0 Å². The highest BCUT2D eigenvalue weighted by Gasteiger charge is 2.28. The van der Waals surface area contributed by atoms with E-state index < -0.39 is 18.0 Å². The van der Waals surface area contributed by atoms with Crippen LogP contribution in [0.3, 0.4) is 0 Å². The number of carbonyl (C=O) groups is 4. The molecule has 2 amide bonds. The van der Waals surface area contributed by atoms with Crippen LogP contribution in [0.2, 0.25) is 0 Å². The Bertz CT molecular complexity index is 991. The van der Waals surface area contributed by atoms with Gasteiger partial charge < -0.3 is 31.6 Å². The fourth-order valence-corrected chi connectivity index (χ4v) is 4.05. The average Bonchev–Trinajstić information content (AvgIpc) is 2.91. The minimum atomic E-state index is -0.808. The third kappa shape index (κ3) is 14.7. The zero-order valence-electron chi connectivity index (χ0n) is 23.3. The average molecular weight is 558 g/mol. The summed E-state index contributed by atoms with van der Waals surface area (Å²) in [5.41, 5.74) is 11.5. The number of unbranched alkanes of at least 4 members (excludes halogenated alkanes) is 2. The fourth-order valence-electron chi connectivity index (χ4n) is 4.05. The molecule has 1 aromatic rings. The number of carbonyl (C=O) groups excluding carboxylic acids is 4. The van der Waals surface area contributed by atoms with Gasteiger partial charge >= 0.3 is 0 Å². The Hall–Kier alpha value is -4.15. The van der Waals surface area contributed by atoms with Gasteiger partial charge in [0.15, 0.2) is 11.7 Å². The third-order valence-corrected chi connectivity index (χ3v) is 5.98. The second-order valence-corrected chi connectivity index (χ2v) is 9.38. The van der Waals surface area contributed by atoms with E-state index >= 15 is 0 Å². The Morgan fingerprint density at radius 3 is 2.38 bits per heavy atom. The lowest BCUT2D eigenvalue weighted by molar-refractivity contribution is -0.134. The number of nitrogens with one attached hydrogen (secondary N) is 2. The van der Waals surface area contributed by atoms with Crippen LogP contribution in [-0.4, -0.2) is 61.9 Å². The number of hydrogen-bond donors (Lipinski definition) is 4. The van der Waals surface area contributed by atoms with Crippen LogP contribution in [0.1, 0.15) is 51.0 Å². The summed E-state index contributed by atoms with van der Waals surface area (Å²) in [4.78, 5) is 53.2. The van der Waals surface area contributed by atoms with Crippen LogP contribution in [0.25, 0.3) is 0 Å². The smallest absolute Gasteiger partial charge is 0.293 e. The van der Waals surface area contributed by atoms with Crippen LogP contribution in [0.4, 0.5) is 0 Å². The summed E-state index contributed by atoms with van der Waals surface area (Å²) in [6.45, 7) is 9.80. The minimum absolute atomic E-state index is 0.0124. The Kier molecular flexibility index (Phi) is 16.8. The number of amides is 2. The van der Waals surface area contributed by atoms with Crippen LogP contribution in [0.15, 0.2) is 54.6 Å². The third-order valence-electron chi connectivity index (χ3n) is 5.98. The predicted octanol–water partition coefficient (Wildman–Crippen LogP) is 1.94. The maximum absolute atomic E-state index is 13.4. The number of nitrogens with zero attached hydrogens (tertiary/aromatic N) is 1. The van der Waals surface area contributed by atoms with Crippen molar-refractivity contribution in [2.45, 2.75) is 64.0 Å². The number of nitrogens with two attached hydrogens (primary N) is 2. The molecule has 0 aromatic heterocycles. The van der Waals surface area contributed by atoms with Crippen molar-refractivity contribution in [2.24, 2.45) is 22.4 Å². The number of rotatable bonds is 22. The molecule has 0 bridgehead atoms. The molecule has 3 atom stereocenters. The maximum Gasteiger partial charge on any atom is 0.293 e. The van der Waals surface area contributed by atoms with Crippen molar-refractivity contribution < 1.29 is 28.7 Å². The topological polar surface area (TPSA) is 175 Å². The Morgan fingerprint density at radius 1 is 1.05 bits per heavy atom. The second-order valence-electron chi connectivity index (χ2n) is 9.38. The first kappa shape index (κ1) is 33.9. The Morgan fingerprint density at radius 2 is 1.77 bits per heavy atom.